The van der Waals surface area contributed by atoms with Gasteiger partial charge in [0, 0.05) is 48.8 Å². The lowest BCUT2D eigenvalue weighted by molar-refractivity contribution is 0.308. The zero-order valence-electron chi connectivity index (χ0n) is 19.4. The van der Waals surface area contributed by atoms with E-state index in [9.17, 15) is 0 Å². The summed E-state index contributed by atoms with van der Waals surface area (Å²) in [6, 6.07) is 18.1. The fourth-order valence-electron chi connectivity index (χ4n) is 4.33. The van der Waals surface area contributed by atoms with E-state index in [0.29, 0.717) is 12.6 Å². The van der Waals surface area contributed by atoms with Gasteiger partial charge in [0.1, 0.15) is 0 Å². The highest BCUT2D eigenvalue weighted by molar-refractivity contribution is 7.96. The molecular formula is C27H34N4S. The average Bonchev–Trinajstić information content (AvgIpc) is 3.18. The van der Waals surface area contributed by atoms with Crippen molar-refractivity contribution in [3.05, 3.63) is 65.4 Å². The van der Waals surface area contributed by atoms with Gasteiger partial charge in [-0.25, -0.2) is 0 Å². The third kappa shape index (κ3) is 5.69. The van der Waals surface area contributed by atoms with Crippen molar-refractivity contribution in [3.63, 3.8) is 0 Å². The van der Waals surface area contributed by atoms with Gasteiger partial charge in [-0.15, -0.1) is 0 Å². The first kappa shape index (κ1) is 22.8. The molecule has 2 heterocycles. The largest absolute Gasteiger partial charge is 0.374 e. The van der Waals surface area contributed by atoms with Crippen LogP contribution < -0.4 is 10.6 Å². The highest BCUT2D eigenvalue weighted by Gasteiger charge is 2.18. The summed E-state index contributed by atoms with van der Waals surface area (Å²) >= 11 is 1.86. The summed E-state index contributed by atoms with van der Waals surface area (Å²) in [5.74, 6) is 6.67. The van der Waals surface area contributed by atoms with Crippen LogP contribution in [0.25, 0.3) is 10.9 Å². The van der Waals surface area contributed by atoms with Gasteiger partial charge in [-0.05, 0) is 74.8 Å². The Hall–Kier alpha value is -2.39. The molecule has 168 valence electrons. The predicted molar refractivity (Wildman–Crippen MR) is 139 cm³/mol. The molecule has 1 saturated heterocycles. The van der Waals surface area contributed by atoms with Crippen molar-refractivity contribution in [2.24, 2.45) is 0 Å². The van der Waals surface area contributed by atoms with E-state index < -0.39 is 0 Å². The molecule has 0 amide bonds. The summed E-state index contributed by atoms with van der Waals surface area (Å²) in [5, 5.41) is 8.42. The van der Waals surface area contributed by atoms with Crippen LogP contribution in [0, 0.1) is 18.8 Å². The second-order valence-corrected chi connectivity index (χ2v) is 9.34. The molecule has 0 aliphatic carbocycles. The molecule has 1 aliphatic heterocycles. The van der Waals surface area contributed by atoms with E-state index in [1.807, 2.05) is 11.9 Å². The molecule has 3 aromatic rings. The Balaban J connectivity index is 1.39. The van der Waals surface area contributed by atoms with Gasteiger partial charge >= 0.3 is 0 Å². The van der Waals surface area contributed by atoms with Crippen LogP contribution in [0.1, 0.15) is 36.6 Å². The Morgan fingerprint density at radius 1 is 1.06 bits per heavy atom. The van der Waals surface area contributed by atoms with E-state index in [4.69, 9.17) is 0 Å². The zero-order valence-corrected chi connectivity index (χ0v) is 20.3. The van der Waals surface area contributed by atoms with Crippen molar-refractivity contribution in [3.8, 4) is 11.8 Å². The van der Waals surface area contributed by atoms with Crippen LogP contribution in [0.4, 0.5) is 5.69 Å². The molecule has 1 aliphatic rings. The standard InChI is InChI=1S/C27H34N4S/c1-4-31-26(6-5-15-28-24-10-7-21(2)8-11-24)19-23-18-22(9-12-27(23)31)20-29-25-13-16-30(32-3)17-14-25/h7-12,18-19,25,28-29H,4,13-17,20H2,1-3H3. The molecule has 0 unspecified atom stereocenters. The summed E-state index contributed by atoms with van der Waals surface area (Å²) in [7, 11) is 0. The monoisotopic (exact) mass is 446 g/mol. The fraction of sp³-hybridized carbons (Fsp3) is 0.407. The van der Waals surface area contributed by atoms with Crippen molar-refractivity contribution < 1.29 is 0 Å². The maximum atomic E-state index is 3.76. The van der Waals surface area contributed by atoms with Crippen molar-refractivity contribution in [1.29, 1.82) is 0 Å². The molecule has 32 heavy (non-hydrogen) atoms. The van der Waals surface area contributed by atoms with Gasteiger partial charge in [0.2, 0.25) is 0 Å². The quantitative estimate of drug-likeness (QED) is 0.383. The number of aryl methyl sites for hydroxylation is 2. The van der Waals surface area contributed by atoms with Gasteiger partial charge in [-0.2, -0.15) is 0 Å². The third-order valence-electron chi connectivity index (χ3n) is 6.24. The predicted octanol–water partition coefficient (Wildman–Crippen LogP) is 5.27. The Kier molecular flexibility index (Phi) is 7.81. The Morgan fingerprint density at radius 3 is 2.56 bits per heavy atom. The number of anilines is 1. The normalized spacial score (nSPS) is 15.0. The molecular weight excluding hydrogens is 412 g/mol. The maximum absolute atomic E-state index is 3.76. The number of nitrogens with zero attached hydrogens (tertiary/aromatic N) is 2. The second kappa shape index (κ2) is 11.0. The van der Waals surface area contributed by atoms with Crippen LogP contribution in [-0.2, 0) is 13.1 Å². The molecule has 0 radical (unpaired) electrons. The van der Waals surface area contributed by atoms with E-state index in [1.165, 1.54) is 48.0 Å². The summed E-state index contributed by atoms with van der Waals surface area (Å²) in [4.78, 5) is 0. The number of nitrogens with one attached hydrogen (secondary N) is 2. The minimum Gasteiger partial charge on any atom is -0.374 e. The van der Waals surface area contributed by atoms with Crippen molar-refractivity contribution in [1.82, 2.24) is 14.2 Å². The van der Waals surface area contributed by atoms with Gasteiger partial charge in [-0.3, -0.25) is 4.31 Å². The number of hydrogen-bond donors (Lipinski definition) is 2. The van der Waals surface area contributed by atoms with E-state index >= 15 is 0 Å². The maximum Gasteiger partial charge on any atom is 0.0931 e. The molecule has 2 aromatic carbocycles. The highest BCUT2D eigenvalue weighted by Crippen LogP contribution is 2.22. The second-order valence-electron chi connectivity index (χ2n) is 8.46. The Bertz CT molecular complexity index is 1080. The topological polar surface area (TPSA) is 32.2 Å². The summed E-state index contributed by atoms with van der Waals surface area (Å²) in [6.45, 7) is 9.13. The molecule has 1 fully saturated rings. The zero-order chi connectivity index (χ0) is 22.3. The lowest BCUT2D eigenvalue weighted by atomic mass is 10.1. The molecule has 0 bridgehead atoms. The Morgan fingerprint density at radius 2 is 1.84 bits per heavy atom. The first-order valence-electron chi connectivity index (χ1n) is 11.6. The number of rotatable bonds is 7. The first-order valence-corrected chi connectivity index (χ1v) is 12.8. The van der Waals surface area contributed by atoms with E-state index in [2.05, 4.69) is 100.0 Å². The van der Waals surface area contributed by atoms with Crippen LogP contribution in [0.15, 0.2) is 48.5 Å². The van der Waals surface area contributed by atoms with Gasteiger partial charge < -0.3 is 15.2 Å². The van der Waals surface area contributed by atoms with E-state index in [-0.39, 0.29) is 0 Å². The average molecular weight is 447 g/mol. The fourth-order valence-corrected chi connectivity index (χ4v) is 4.91. The molecule has 1 aromatic heterocycles. The minimum absolute atomic E-state index is 0.622. The SMILES string of the molecule is CCn1c(C#CCNc2ccc(C)cc2)cc2cc(CNC3CCN(SC)CC3)ccc21. The number of fused-ring (bicyclic) bond motifs is 1. The van der Waals surface area contributed by atoms with Crippen LogP contribution in [0.3, 0.4) is 0 Å². The van der Waals surface area contributed by atoms with Gasteiger partial charge in [0.15, 0.2) is 0 Å². The van der Waals surface area contributed by atoms with E-state index in [0.717, 1.165) is 24.5 Å². The minimum atomic E-state index is 0.622. The van der Waals surface area contributed by atoms with Crippen molar-refractivity contribution in [2.75, 3.05) is 31.2 Å². The van der Waals surface area contributed by atoms with Crippen molar-refractivity contribution >= 4 is 28.5 Å². The number of benzene rings is 2. The summed E-state index contributed by atoms with van der Waals surface area (Å²) < 4.78 is 4.76. The lowest BCUT2D eigenvalue weighted by Crippen LogP contribution is -2.39. The third-order valence-corrected chi connectivity index (χ3v) is 7.12. The lowest BCUT2D eigenvalue weighted by Gasteiger charge is -2.30. The van der Waals surface area contributed by atoms with Crippen LogP contribution in [0.2, 0.25) is 0 Å². The van der Waals surface area contributed by atoms with Crippen LogP contribution in [-0.4, -0.2) is 40.8 Å². The van der Waals surface area contributed by atoms with Crippen LogP contribution >= 0.6 is 11.9 Å². The number of aromatic nitrogens is 1. The molecule has 4 nitrogen and oxygen atoms in total. The molecule has 0 atom stereocenters. The van der Waals surface area contributed by atoms with Crippen LogP contribution in [0.5, 0.6) is 0 Å². The van der Waals surface area contributed by atoms with Gasteiger partial charge in [-0.1, -0.05) is 41.6 Å². The molecule has 0 spiro atoms. The molecule has 4 rings (SSSR count). The van der Waals surface area contributed by atoms with Gasteiger partial charge in [0.05, 0.1) is 12.2 Å². The van der Waals surface area contributed by atoms with Gasteiger partial charge in [0.25, 0.3) is 0 Å². The summed E-state index contributed by atoms with van der Waals surface area (Å²) in [5.41, 5.74) is 6.07. The summed E-state index contributed by atoms with van der Waals surface area (Å²) in [6.07, 6.45) is 4.63. The number of piperidine rings is 1. The first-order chi connectivity index (χ1) is 15.7. The molecule has 0 saturated carbocycles. The molecule has 5 heteroatoms. The Labute approximate surface area is 196 Å². The number of hydrogen-bond acceptors (Lipinski definition) is 4. The highest BCUT2D eigenvalue weighted by atomic mass is 32.2. The van der Waals surface area contributed by atoms with E-state index in [1.54, 1.807) is 0 Å². The smallest absolute Gasteiger partial charge is 0.0931 e. The van der Waals surface area contributed by atoms with Crippen molar-refractivity contribution in [2.45, 2.75) is 45.8 Å². The molecule has 2 N–H and O–H groups in total.